The van der Waals surface area contributed by atoms with Crippen LogP contribution in [-0.4, -0.2) is 39.0 Å². The van der Waals surface area contributed by atoms with E-state index in [-0.39, 0.29) is 28.6 Å². The Balaban J connectivity index is 1.80. The number of halogens is 3. The molecule has 1 amide bonds. The van der Waals surface area contributed by atoms with E-state index in [1.807, 2.05) is 0 Å². The Labute approximate surface area is 211 Å². The molecule has 0 spiro atoms. The van der Waals surface area contributed by atoms with Gasteiger partial charge in [0.1, 0.15) is 17.3 Å². The van der Waals surface area contributed by atoms with E-state index < -0.39 is 30.5 Å². The molecule has 37 heavy (non-hydrogen) atoms. The quantitative estimate of drug-likeness (QED) is 0.357. The van der Waals surface area contributed by atoms with E-state index in [0.717, 1.165) is 0 Å². The third-order valence-corrected chi connectivity index (χ3v) is 5.37. The van der Waals surface area contributed by atoms with E-state index >= 15 is 0 Å². The van der Waals surface area contributed by atoms with Gasteiger partial charge in [0.05, 0.1) is 11.3 Å². The number of anilines is 2. The molecule has 3 aromatic heterocycles. The molecule has 8 nitrogen and oxygen atoms in total. The van der Waals surface area contributed by atoms with Gasteiger partial charge in [-0.05, 0) is 67.9 Å². The summed E-state index contributed by atoms with van der Waals surface area (Å²) in [6, 6.07) is 13.3. The Bertz CT molecular complexity index is 1400. The van der Waals surface area contributed by atoms with Crippen LogP contribution in [0.3, 0.4) is 0 Å². The van der Waals surface area contributed by atoms with Crippen LogP contribution in [0.2, 0.25) is 0 Å². The SMILES string of the molecule is CCN(C(=O)COc1nc(N)nc(-c2ccc(F)cc2)c1-c1cc(C)nc(C(F)F)c1)c1ccccn1. The lowest BCUT2D eigenvalue weighted by atomic mass is 9.99. The summed E-state index contributed by atoms with van der Waals surface area (Å²) in [6.45, 7) is 3.25. The van der Waals surface area contributed by atoms with Crippen LogP contribution in [0.1, 0.15) is 24.7 Å². The minimum absolute atomic E-state index is 0.0944. The smallest absolute Gasteiger partial charge is 0.280 e. The molecule has 0 radical (unpaired) electrons. The lowest BCUT2D eigenvalue weighted by molar-refractivity contribution is -0.120. The normalized spacial score (nSPS) is 11.0. The first-order chi connectivity index (χ1) is 17.8. The molecule has 0 fully saturated rings. The molecule has 0 saturated heterocycles. The highest BCUT2D eigenvalue weighted by molar-refractivity contribution is 5.93. The third kappa shape index (κ3) is 5.83. The van der Waals surface area contributed by atoms with Gasteiger partial charge in [-0.2, -0.15) is 4.98 Å². The summed E-state index contributed by atoms with van der Waals surface area (Å²) < 4.78 is 46.6. The molecule has 11 heteroatoms. The molecule has 2 N–H and O–H groups in total. The Morgan fingerprint density at radius 1 is 1.05 bits per heavy atom. The molecule has 0 bridgehead atoms. The molecule has 3 heterocycles. The number of hydrogen-bond donors (Lipinski definition) is 1. The highest BCUT2D eigenvalue weighted by Crippen LogP contribution is 2.39. The first-order valence-electron chi connectivity index (χ1n) is 11.3. The lowest BCUT2D eigenvalue weighted by Gasteiger charge is -2.21. The number of nitrogen functional groups attached to an aromatic ring is 1. The van der Waals surface area contributed by atoms with Gasteiger partial charge in [-0.1, -0.05) is 6.07 Å². The molecule has 0 atom stereocenters. The van der Waals surface area contributed by atoms with Crippen molar-refractivity contribution in [3.8, 4) is 28.3 Å². The number of alkyl halides is 2. The number of benzene rings is 1. The Morgan fingerprint density at radius 2 is 1.81 bits per heavy atom. The monoisotopic (exact) mass is 508 g/mol. The number of hydrogen-bond acceptors (Lipinski definition) is 7. The maximum atomic E-state index is 13.6. The minimum Gasteiger partial charge on any atom is -0.467 e. The summed E-state index contributed by atoms with van der Waals surface area (Å²) in [4.78, 5) is 31.0. The van der Waals surface area contributed by atoms with Crippen molar-refractivity contribution in [3.05, 3.63) is 78.0 Å². The van der Waals surface area contributed by atoms with Crippen molar-refractivity contribution in [2.24, 2.45) is 0 Å². The van der Waals surface area contributed by atoms with E-state index in [9.17, 15) is 18.0 Å². The van der Waals surface area contributed by atoms with Crippen molar-refractivity contribution < 1.29 is 22.7 Å². The summed E-state index contributed by atoms with van der Waals surface area (Å²) in [5.74, 6) is -0.708. The minimum atomic E-state index is -2.83. The number of aryl methyl sites for hydroxylation is 1. The van der Waals surface area contributed by atoms with Crippen LogP contribution in [0, 0.1) is 12.7 Å². The Morgan fingerprint density at radius 3 is 2.46 bits per heavy atom. The van der Waals surface area contributed by atoms with Crippen molar-refractivity contribution in [3.63, 3.8) is 0 Å². The second-order valence-electron chi connectivity index (χ2n) is 7.95. The number of amides is 1. The van der Waals surface area contributed by atoms with Gasteiger partial charge in [0.2, 0.25) is 11.8 Å². The predicted molar refractivity (Wildman–Crippen MR) is 133 cm³/mol. The van der Waals surface area contributed by atoms with E-state index in [1.165, 1.54) is 35.2 Å². The summed E-state index contributed by atoms with van der Waals surface area (Å²) in [7, 11) is 0. The topological polar surface area (TPSA) is 107 Å². The molecule has 190 valence electrons. The van der Waals surface area contributed by atoms with Gasteiger partial charge in [0.15, 0.2) is 6.61 Å². The van der Waals surface area contributed by atoms with Crippen molar-refractivity contribution in [1.82, 2.24) is 19.9 Å². The number of aromatic nitrogens is 4. The molecule has 4 aromatic rings. The van der Waals surface area contributed by atoms with E-state index in [0.29, 0.717) is 23.6 Å². The molecule has 0 aliphatic rings. The van der Waals surface area contributed by atoms with Crippen molar-refractivity contribution in [1.29, 1.82) is 0 Å². The summed E-state index contributed by atoms with van der Waals surface area (Å²) in [6.07, 6.45) is -1.26. The van der Waals surface area contributed by atoms with E-state index in [1.54, 1.807) is 44.3 Å². The van der Waals surface area contributed by atoms with Gasteiger partial charge >= 0.3 is 0 Å². The Hall–Kier alpha value is -4.54. The standard InChI is InChI=1S/C26H23F3N6O2/c1-3-35(20-6-4-5-11-31-20)21(36)14-37-25-22(17-12-15(2)32-19(13-17)24(28)29)23(33-26(30)34-25)16-7-9-18(27)10-8-16/h4-13,24H,3,14H2,1-2H3,(H2,30,33,34). The highest BCUT2D eigenvalue weighted by atomic mass is 19.3. The van der Waals surface area contributed by atoms with Crippen molar-refractivity contribution >= 4 is 17.7 Å². The van der Waals surface area contributed by atoms with Crippen molar-refractivity contribution in [2.75, 3.05) is 23.8 Å². The first kappa shape index (κ1) is 25.5. The van der Waals surface area contributed by atoms with E-state index in [2.05, 4.69) is 19.9 Å². The fourth-order valence-electron chi connectivity index (χ4n) is 3.78. The van der Waals surface area contributed by atoms with Crippen LogP contribution in [0.15, 0.2) is 60.8 Å². The summed E-state index contributed by atoms with van der Waals surface area (Å²) in [5, 5.41) is 0. The maximum absolute atomic E-state index is 13.6. The number of pyridine rings is 2. The number of carbonyl (C=O) groups is 1. The molecular weight excluding hydrogens is 485 g/mol. The zero-order valence-electron chi connectivity index (χ0n) is 20.0. The number of likely N-dealkylation sites (N-methyl/N-ethyl adjacent to an activating group) is 1. The zero-order chi connectivity index (χ0) is 26.5. The van der Waals surface area contributed by atoms with Crippen molar-refractivity contribution in [2.45, 2.75) is 20.3 Å². The molecule has 0 unspecified atom stereocenters. The van der Waals surface area contributed by atoms with Gasteiger partial charge in [-0.3, -0.25) is 14.7 Å². The number of nitrogens with zero attached hydrogens (tertiary/aromatic N) is 5. The fraction of sp³-hybridized carbons (Fsp3) is 0.192. The molecule has 1 aromatic carbocycles. The average Bonchev–Trinajstić information content (AvgIpc) is 2.88. The fourth-order valence-corrected chi connectivity index (χ4v) is 3.78. The van der Waals surface area contributed by atoms with Crippen LogP contribution in [0.4, 0.5) is 24.9 Å². The van der Waals surface area contributed by atoms with Crippen LogP contribution in [0.25, 0.3) is 22.4 Å². The van der Waals surface area contributed by atoms with Crippen LogP contribution in [0.5, 0.6) is 5.88 Å². The van der Waals surface area contributed by atoms with Gasteiger partial charge in [0, 0.05) is 24.0 Å². The lowest BCUT2D eigenvalue weighted by Crippen LogP contribution is -2.35. The van der Waals surface area contributed by atoms with Gasteiger partial charge in [0.25, 0.3) is 12.3 Å². The third-order valence-electron chi connectivity index (χ3n) is 5.37. The van der Waals surface area contributed by atoms with Gasteiger partial charge in [-0.15, -0.1) is 0 Å². The zero-order valence-corrected chi connectivity index (χ0v) is 20.0. The molecule has 0 aliphatic heterocycles. The predicted octanol–water partition coefficient (Wildman–Crippen LogP) is 5.00. The highest BCUT2D eigenvalue weighted by Gasteiger charge is 2.23. The number of nitrogens with two attached hydrogens (primary N) is 1. The molecule has 4 rings (SSSR count). The largest absolute Gasteiger partial charge is 0.467 e. The average molecular weight is 509 g/mol. The Kier molecular flexibility index (Phi) is 7.61. The maximum Gasteiger partial charge on any atom is 0.280 e. The van der Waals surface area contributed by atoms with Gasteiger partial charge in [-0.25, -0.2) is 23.1 Å². The van der Waals surface area contributed by atoms with Crippen LogP contribution in [-0.2, 0) is 4.79 Å². The first-order valence-corrected chi connectivity index (χ1v) is 11.3. The number of rotatable bonds is 8. The summed E-state index contributed by atoms with van der Waals surface area (Å²) in [5.41, 5.74) is 6.97. The van der Waals surface area contributed by atoms with Crippen LogP contribution < -0.4 is 15.4 Å². The van der Waals surface area contributed by atoms with E-state index in [4.69, 9.17) is 10.5 Å². The summed E-state index contributed by atoms with van der Waals surface area (Å²) >= 11 is 0. The molecular formula is C26H23F3N6O2. The second-order valence-corrected chi connectivity index (χ2v) is 7.95. The molecule has 0 aliphatic carbocycles. The second kappa shape index (κ2) is 11.0. The van der Waals surface area contributed by atoms with Crippen LogP contribution >= 0.6 is 0 Å². The number of ether oxygens (including phenoxy) is 1. The number of carbonyl (C=O) groups excluding carboxylic acids is 1. The van der Waals surface area contributed by atoms with Gasteiger partial charge < -0.3 is 10.5 Å². The molecule has 0 saturated carbocycles.